The molecular weight excluding hydrogens is 269 g/mol. The Hall–Kier alpha value is -1.27. The molecule has 106 valence electrons. The van der Waals surface area contributed by atoms with Gasteiger partial charge in [0.15, 0.2) is 0 Å². The minimum absolute atomic E-state index is 0.0829. The summed E-state index contributed by atoms with van der Waals surface area (Å²) in [6, 6.07) is 5.55. The Balaban J connectivity index is 2.61. The molecule has 0 fully saturated rings. The Kier molecular flexibility index (Phi) is 6.11. The predicted octanol–water partition coefficient (Wildman–Crippen LogP) is 1.13. The van der Waals surface area contributed by atoms with E-state index in [2.05, 4.69) is 5.32 Å². The normalized spacial score (nSPS) is 15.6. The molecular formula is C13H18FNO3S. The van der Waals surface area contributed by atoms with Crippen LogP contribution in [0.4, 0.5) is 4.39 Å². The minimum Gasteiger partial charge on any atom is -0.395 e. The lowest BCUT2D eigenvalue weighted by Gasteiger charge is -2.17. The quantitative estimate of drug-likeness (QED) is 0.824. The Morgan fingerprint density at radius 1 is 1.37 bits per heavy atom. The molecule has 0 bridgehead atoms. The van der Waals surface area contributed by atoms with Gasteiger partial charge in [-0.3, -0.25) is 9.00 Å². The highest BCUT2D eigenvalue weighted by atomic mass is 32.2. The number of carbonyl (C=O) groups is 1. The van der Waals surface area contributed by atoms with E-state index in [1.165, 1.54) is 12.1 Å². The summed E-state index contributed by atoms with van der Waals surface area (Å²) in [6.07, 6.45) is 0. The summed E-state index contributed by atoms with van der Waals surface area (Å²) in [5.41, 5.74) is 0.773. The zero-order chi connectivity index (χ0) is 14.4. The van der Waals surface area contributed by atoms with Crippen LogP contribution in [-0.4, -0.2) is 32.8 Å². The number of benzene rings is 1. The standard InChI is InChI=1S/C13H18FNO3S/c1-9(11-3-5-12(14)6-4-11)15-13(17)10(2)19(18)8-7-16/h3-6,9-10,16H,7-8H2,1-2H3,(H,15,17). The molecule has 1 rings (SSSR count). The van der Waals surface area contributed by atoms with E-state index in [1.54, 1.807) is 26.0 Å². The van der Waals surface area contributed by atoms with Crippen LogP contribution in [0.5, 0.6) is 0 Å². The van der Waals surface area contributed by atoms with Crippen molar-refractivity contribution in [2.75, 3.05) is 12.4 Å². The molecule has 0 aliphatic rings. The molecule has 0 aliphatic heterocycles. The summed E-state index contributed by atoms with van der Waals surface area (Å²) in [5, 5.41) is 10.7. The van der Waals surface area contributed by atoms with Gasteiger partial charge in [-0.2, -0.15) is 0 Å². The van der Waals surface area contributed by atoms with Crippen LogP contribution in [0.2, 0.25) is 0 Å². The van der Waals surface area contributed by atoms with Gasteiger partial charge in [0.05, 0.1) is 12.6 Å². The smallest absolute Gasteiger partial charge is 0.235 e. The Morgan fingerprint density at radius 3 is 2.47 bits per heavy atom. The fourth-order valence-corrected chi connectivity index (χ4v) is 2.39. The number of halogens is 1. The lowest BCUT2D eigenvalue weighted by molar-refractivity contribution is -0.121. The van der Waals surface area contributed by atoms with Crippen LogP contribution in [0, 0.1) is 5.82 Å². The van der Waals surface area contributed by atoms with Gasteiger partial charge in [0, 0.05) is 16.6 Å². The molecule has 2 N–H and O–H groups in total. The zero-order valence-corrected chi connectivity index (χ0v) is 11.7. The van der Waals surface area contributed by atoms with Crippen molar-refractivity contribution in [3.8, 4) is 0 Å². The summed E-state index contributed by atoms with van der Waals surface area (Å²) < 4.78 is 24.4. The minimum atomic E-state index is -1.39. The summed E-state index contributed by atoms with van der Waals surface area (Å²) >= 11 is 0. The number of nitrogens with one attached hydrogen (secondary N) is 1. The van der Waals surface area contributed by atoms with E-state index in [9.17, 15) is 13.4 Å². The average Bonchev–Trinajstić information content (AvgIpc) is 2.38. The molecule has 19 heavy (non-hydrogen) atoms. The van der Waals surface area contributed by atoms with E-state index in [0.717, 1.165) is 5.56 Å². The van der Waals surface area contributed by atoms with Gasteiger partial charge in [-0.25, -0.2) is 4.39 Å². The molecule has 0 saturated heterocycles. The second-order valence-electron chi connectivity index (χ2n) is 4.23. The number of aliphatic hydroxyl groups is 1. The molecule has 4 nitrogen and oxygen atoms in total. The highest BCUT2D eigenvalue weighted by Gasteiger charge is 2.21. The second-order valence-corrected chi connectivity index (χ2v) is 6.11. The summed E-state index contributed by atoms with van der Waals surface area (Å²) in [5.74, 6) is -0.595. The van der Waals surface area contributed by atoms with Gasteiger partial charge in [0.25, 0.3) is 0 Å². The first-order valence-corrected chi connectivity index (χ1v) is 7.37. The monoisotopic (exact) mass is 287 g/mol. The highest BCUT2D eigenvalue weighted by molar-refractivity contribution is 7.86. The van der Waals surface area contributed by atoms with Crippen molar-refractivity contribution in [1.82, 2.24) is 5.32 Å². The maximum Gasteiger partial charge on any atom is 0.235 e. The molecule has 6 heteroatoms. The topological polar surface area (TPSA) is 66.4 Å². The van der Waals surface area contributed by atoms with Crippen LogP contribution in [-0.2, 0) is 15.6 Å². The van der Waals surface area contributed by atoms with Gasteiger partial charge in [-0.05, 0) is 31.5 Å². The third-order valence-corrected chi connectivity index (χ3v) is 4.37. The summed E-state index contributed by atoms with van der Waals surface area (Å²) in [6.45, 7) is 3.11. The van der Waals surface area contributed by atoms with E-state index in [0.29, 0.717) is 0 Å². The van der Waals surface area contributed by atoms with Crippen molar-refractivity contribution in [3.05, 3.63) is 35.6 Å². The van der Waals surface area contributed by atoms with Crippen LogP contribution in [0.15, 0.2) is 24.3 Å². The summed E-state index contributed by atoms with van der Waals surface area (Å²) in [7, 11) is -1.39. The highest BCUT2D eigenvalue weighted by Crippen LogP contribution is 2.13. The van der Waals surface area contributed by atoms with Gasteiger partial charge >= 0.3 is 0 Å². The maximum absolute atomic E-state index is 12.8. The molecule has 3 atom stereocenters. The molecule has 3 unspecified atom stereocenters. The van der Waals surface area contributed by atoms with Crippen molar-refractivity contribution in [2.24, 2.45) is 0 Å². The van der Waals surface area contributed by atoms with E-state index >= 15 is 0 Å². The molecule has 1 aromatic carbocycles. The molecule has 1 aromatic rings. The zero-order valence-electron chi connectivity index (χ0n) is 10.9. The second kappa shape index (κ2) is 7.35. The SMILES string of the molecule is CC(NC(=O)C(C)S(=O)CCO)c1ccc(F)cc1. The molecule has 0 aromatic heterocycles. The third kappa shape index (κ3) is 4.72. The van der Waals surface area contributed by atoms with Gasteiger partial charge in [-0.1, -0.05) is 12.1 Å². The van der Waals surface area contributed by atoms with E-state index in [4.69, 9.17) is 5.11 Å². The first kappa shape index (κ1) is 15.8. The average molecular weight is 287 g/mol. The first-order chi connectivity index (χ1) is 8.95. The van der Waals surface area contributed by atoms with Crippen molar-refractivity contribution >= 4 is 16.7 Å². The number of hydrogen-bond acceptors (Lipinski definition) is 3. The molecule has 0 saturated carbocycles. The van der Waals surface area contributed by atoms with Crippen molar-refractivity contribution in [2.45, 2.75) is 25.1 Å². The van der Waals surface area contributed by atoms with Crippen molar-refractivity contribution in [1.29, 1.82) is 0 Å². The van der Waals surface area contributed by atoms with E-state index in [-0.39, 0.29) is 30.1 Å². The number of carbonyl (C=O) groups excluding carboxylic acids is 1. The van der Waals surface area contributed by atoms with Gasteiger partial charge in [0.1, 0.15) is 11.1 Å². The van der Waals surface area contributed by atoms with Gasteiger partial charge in [-0.15, -0.1) is 0 Å². The molecule has 0 radical (unpaired) electrons. The largest absolute Gasteiger partial charge is 0.395 e. The number of rotatable bonds is 6. The maximum atomic E-state index is 12.8. The van der Waals surface area contributed by atoms with E-state index < -0.39 is 16.0 Å². The van der Waals surface area contributed by atoms with Crippen molar-refractivity contribution < 1.29 is 18.5 Å². The molecule has 0 heterocycles. The van der Waals surface area contributed by atoms with Crippen LogP contribution in [0.25, 0.3) is 0 Å². The number of aliphatic hydroxyl groups excluding tert-OH is 1. The fourth-order valence-electron chi connectivity index (χ4n) is 1.55. The molecule has 1 amide bonds. The van der Waals surface area contributed by atoms with Gasteiger partial charge < -0.3 is 10.4 Å². The molecule has 0 spiro atoms. The van der Waals surface area contributed by atoms with E-state index in [1.807, 2.05) is 0 Å². The fraction of sp³-hybridized carbons (Fsp3) is 0.462. The van der Waals surface area contributed by atoms with Crippen LogP contribution >= 0.6 is 0 Å². The summed E-state index contributed by atoms with van der Waals surface area (Å²) in [4.78, 5) is 11.9. The van der Waals surface area contributed by atoms with Crippen LogP contribution < -0.4 is 5.32 Å². The van der Waals surface area contributed by atoms with Crippen LogP contribution in [0.1, 0.15) is 25.5 Å². The van der Waals surface area contributed by atoms with Crippen LogP contribution in [0.3, 0.4) is 0 Å². The number of amides is 1. The molecule has 0 aliphatic carbocycles. The Morgan fingerprint density at radius 2 is 1.95 bits per heavy atom. The Bertz CT molecular complexity index is 450. The lowest BCUT2D eigenvalue weighted by atomic mass is 10.1. The number of hydrogen-bond donors (Lipinski definition) is 2. The lowest BCUT2D eigenvalue weighted by Crippen LogP contribution is -2.38. The Labute approximate surface area is 114 Å². The van der Waals surface area contributed by atoms with Gasteiger partial charge in [0.2, 0.25) is 5.91 Å². The van der Waals surface area contributed by atoms with Crippen molar-refractivity contribution in [3.63, 3.8) is 0 Å². The third-order valence-electron chi connectivity index (χ3n) is 2.78. The first-order valence-electron chi connectivity index (χ1n) is 5.99. The predicted molar refractivity (Wildman–Crippen MR) is 72.5 cm³/mol.